The third kappa shape index (κ3) is 2.75. The molecule has 0 radical (unpaired) electrons. The number of piperidine rings is 1. The number of carboxylic acid groups (broad SMARTS) is 1. The first-order valence-corrected chi connectivity index (χ1v) is 8.00. The minimum Gasteiger partial charge on any atom is -0.481 e. The molecule has 8 heteroatoms. The van der Waals surface area contributed by atoms with E-state index < -0.39 is 35.0 Å². The molecule has 2 amide bonds. The number of hydrogen-bond acceptors (Lipinski definition) is 3. The highest BCUT2D eigenvalue weighted by Gasteiger charge is 2.55. The van der Waals surface area contributed by atoms with Crippen LogP contribution in [0.5, 0.6) is 0 Å². The van der Waals surface area contributed by atoms with Crippen molar-refractivity contribution in [2.75, 3.05) is 20.1 Å². The second kappa shape index (κ2) is 6.09. The van der Waals surface area contributed by atoms with Gasteiger partial charge in [0.25, 0.3) is 5.91 Å². The number of rotatable bonds is 2. The Morgan fingerprint density at radius 2 is 1.88 bits per heavy atom. The second-order valence-corrected chi connectivity index (χ2v) is 6.57. The van der Waals surface area contributed by atoms with Crippen molar-refractivity contribution in [1.82, 2.24) is 9.80 Å². The molecule has 2 fully saturated rings. The zero-order valence-electron chi connectivity index (χ0n) is 13.7. The molecular formula is C17H18F2N2O4. The van der Waals surface area contributed by atoms with Crippen molar-refractivity contribution in [3.63, 3.8) is 0 Å². The van der Waals surface area contributed by atoms with Gasteiger partial charge in [-0.1, -0.05) is 0 Å². The lowest BCUT2D eigenvalue weighted by molar-refractivity contribution is -0.145. The van der Waals surface area contributed by atoms with E-state index in [1.54, 1.807) is 7.05 Å². The normalized spacial score (nSPS) is 22.5. The van der Waals surface area contributed by atoms with Crippen LogP contribution in [0.15, 0.2) is 18.2 Å². The molecule has 1 unspecified atom stereocenters. The van der Waals surface area contributed by atoms with Crippen molar-refractivity contribution in [2.45, 2.75) is 24.8 Å². The number of likely N-dealkylation sites (tertiary alicyclic amines) is 2. The molecular weight excluding hydrogens is 334 g/mol. The lowest BCUT2D eigenvalue weighted by Crippen LogP contribution is -2.57. The third-order valence-corrected chi connectivity index (χ3v) is 5.45. The Labute approximate surface area is 143 Å². The first kappa shape index (κ1) is 17.3. The van der Waals surface area contributed by atoms with Crippen molar-refractivity contribution in [3.05, 3.63) is 35.4 Å². The van der Waals surface area contributed by atoms with Gasteiger partial charge in [0, 0.05) is 32.6 Å². The number of carbonyl (C=O) groups excluding carboxylic acids is 2. The van der Waals surface area contributed by atoms with Gasteiger partial charge in [-0.3, -0.25) is 14.4 Å². The maximum atomic E-state index is 13.8. The Bertz CT molecular complexity index is 744. The van der Waals surface area contributed by atoms with Gasteiger partial charge >= 0.3 is 5.97 Å². The van der Waals surface area contributed by atoms with E-state index in [2.05, 4.69) is 0 Å². The van der Waals surface area contributed by atoms with Crippen LogP contribution in [0.25, 0.3) is 0 Å². The van der Waals surface area contributed by atoms with E-state index in [1.165, 1.54) is 9.80 Å². The molecule has 0 aromatic heterocycles. The summed E-state index contributed by atoms with van der Waals surface area (Å²) < 4.78 is 26.8. The lowest BCUT2D eigenvalue weighted by Gasteiger charge is -2.45. The summed E-state index contributed by atoms with van der Waals surface area (Å²) in [6.45, 7) is 0.411. The first-order chi connectivity index (χ1) is 11.8. The number of aliphatic carboxylic acids is 1. The average Bonchev–Trinajstić information content (AvgIpc) is 2.80. The van der Waals surface area contributed by atoms with Crippen molar-refractivity contribution in [2.24, 2.45) is 5.92 Å². The van der Waals surface area contributed by atoms with E-state index in [0.29, 0.717) is 18.9 Å². The van der Waals surface area contributed by atoms with Gasteiger partial charge in [0.2, 0.25) is 5.91 Å². The van der Waals surface area contributed by atoms with Gasteiger partial charge in [-0.2, -0.15) is 0 Å². The molecule has 1 atom stereocenters. The van der Waals surface area contributed by atoms with Crippen LogP contribution >= 0.6 is 0 Å². The molecule has 0 saturated carbocycles. The molecule has 1 aromatic rings. The van der Waals surface area contributed by atoms with Crippen molar-refractivity contribution in [3.8, 4) is 0 Å². The Morgan fingerprint density at radius 3 is 2.44 bits per heavy atom. The molecule has 0 aliphatic carbocycles. The third-order valence-electron chi connectivity index (χ3n) is 5.45. The summed E-state index contributed by atoms with van der Waals surface area (Å²) >= 11 is 0. The quantitative estimate of drug-likeness (QED) is 0.875. The fourth-order valence-corrected chi connectivity index (χ4v) is 3.91. The molecule has 2 saturated heterocycles. The molecule has 6 nitrogen and oxygen atoms in total. The Kier molecular flexibility index (Phi) is 4.22. The number of amides is 2. The predicted molar refractivity (Wildman–Crippen MR) is 82.7 cm³/mol. The highest BCUT2D eigenvalue weighted by atomic mass is 19.1. The average molecular weight is 352 g/mol. The van der Waals surface area contributed by atoms with Gasteiger partial charge < -0.3 is 14.9 Å². The summed E-state index contributed by atoms with van der Waals surface area (Å²) in [6, 6.07) is 2.77. The van der Waals surface area contributed by atoms with Crippen molar-refractivity contribution < 1.29 is 28.3 Å². The number of benzene rings is 1. The van der Waals surface area contributed by atoms with Crippen LogP contribution in [0.2, 0.25) is 0 Å². The first-order valence-electron chi connectivity index (χ1n) is 8.00. The summed E-state index contributed by atoms with van der Waals surface area (Å²) in [4.78, 5) is 38.9. The van der Waals surface area contributed by atoms with Crippen LogP contribution in [0.4, 0.5) is 8.78 Å². The Balaban J connectivity index is 1.78. The van der Waals surface area contributed by atoms with Crippen LogP contribution < -0.4 is 0 Å². The van der Waals surface area contributed by atoms with Crippen molar-refractivity contribution in [1.29, 1.82) is 0 Å². The molecule has 1 spiro atoms. The summed E-state index contributed by atoms with van der Waals surface area (Å²) in [7, 11) is 1.59. The molecule has 2 aliphatic heterocycles. The van der Waals surface area contributed by atoms with Gasteiger partial charge in [0.1, 0.15) is 11.6 Å². The van der Waals surface area contributed by atoms with E-state index in [0.717, 1.165) is 12.1 Å². The van der Waals surface area contributed by atoms with Crippen LogP contribution in [0, 0.1) is 17.6 Å². The van der Waals surface area contributed by atoms with Crippen molar-refractivity contribution >= 4 is 17.8 Å². The Morgan fingerprint density at radius 1 is 1.24 bits per heavy atom. The van der Waals surface area contributed by atoms with Gasteiger partial charge in [-0.15, -0.1) is 0 Å². The fourth-order valence-electron chi connectivity index (χ4n) is 3.91. The van der Waals surface area contributed by atoms with Gasteiger partial charge in [-0.25, -0.2) is 8.78 Å². The zero-order valence-corrected chi connectivity index (χ0v) is 13.7. The highest BCUT2D eigenvalue weighted by Crippen LogP contribution is 2.43. The van der Waals surface area contributed by atoms with Crippen LogP contribution in [-0.2, 0) is 9.59 Å². The molecule has 25 heavy (non-hydrogen) atoms. The van der Waals surface area contributed by atoms with E-state index in [9.17, 15) is 28.3 Å². The molecule has 2 aliphatic rings. The zero-order chi connectivity index (χ0) is 18.4. The van der Waals surface area contributed by atoms with Gasteiger partial charge in [-0.05, 0) is 25.0 Å². The molecule has 2 heterocycles. The minimum atomic E-state index is -1.03. The van der Waals surface area contributed by atoms with Crippen LogP contribution in [-0.4, -0.2) is 58.4 Å². The predicted octanol–water partition coefficient (Wildman–Crippen LogP) is 1.50. The smallest absolute Gasteiger partial charge is 0.309 e. The van der Waals surface area contributed by atoms with E-state index in [1.807, 2.05) is 0 Å². The topological polar surface area (TPSA) is 77.9 Å². The SMILES string of the molecule is CN1C(=O)CC(C(=O)O)C12CCN(C(=O)c1ccc(F)cc1F)CC2. The summed E-state index contributed by atoms with van der Waals surface area (Å²) in [5, 5.41) is 9.44. The minimum absolute atomic E-state index is 0.0492. The monoisotopic (exact) mass is 352 g/mol. The summed E-state index contributed by atoms with van der Waals surface area (Å²) in [5.41, 5.74) is -1.04. The number of nitrogens with zero attached hydrogens (tertiary/aromatic N) is 2. The van der Waals surface area contributed by atoms with E-state index in [4.69, 9.17) is 0 Å². The number of carboxylic acids is 1. The van der Waals surface area contributed by atoms with E-state index >= 15 is 0 Å². The molecule has 3 rings (SSSR count). The maximum absolute atomic E-state index is 13.8. The molecule has 0 bridgehead atoms. The highest BCUT2D eigenvalue weighted by molar-refractivity contribution is 5.94. The lowest BCUT2D eigenvalue weighted by atomic mass is 9.77. The standard InChI is InChI=1S/C17H18F2N2O4/c1-20-14(22)9-12(16(24)25)17(20)4-6-21(7-5-17)15(23)11-3-2-10(18)8-13(11)19/h2-3,8,12H,4-7,9H2,1H3,(H,24,25). The van der Waals surface area contributed by atoms with Gasteiger partial charge in [0.15, 0.2) is 0 Å². The van der Waals surface area contributed by atoms with Crippen LogP contribution in [0.1, 0.15) is 29.6 Å². The molecule has 1 aromatic carbocycles. The largest absolute Gasteiger partial charge is 0.481 e. The number of halogens is 2. The number of carbonyl (C=O) groups is 3. The number of hydrogen-bond donors (Lipinski definition) is 1. The summed E-state index contributed by atoms with van der Waals surface area (Å²) in [6.07, 6.45) is 0.563. The summed E-state index contributed by atoms with van der Waals surface area (Å²) in [5.74, 6) is -4.32. The maximum Gasteiger partial charge on any atom is 0.309 e. The van der Waals surface area contributed by atoms with Crippen LogP contribution in [0.3, 0.4) is 0 Å². The van der Waals surface area contributed by atoms with Gasteiger partial charge in [0.05, 0.1) is 17.0 Å². The molecule has 1 N–H and O–H groups in total. The molecule has 134 valence electrons. The Hall–Kier alpha value is -2.51. The fraction of sp³-hybridized carbons (Fsp3) is 0.471. The van der Waals surface area contributed by atoms with E-state index in [-0.39, 0.29) is 31.0 Å². The second-order valence-electron chi connectivity index (χ2n) is 6.57.